The van der Waals surface area contributed by atoms with Gasteiger partial charge in [-0.05, 0) is 61.6 Å². The van der Waals surface area contributed by atoms with Crippen molar-refractivity contribution in [3.8, 4) is 11.5 Å². The lowest BCUT2D eigenvalue weighted by Gasteiger charge is -2.31. The average molecular weight is 485 g/mol. The second-order valence-corrected chi connectivity index (χ2v) is 9.58. The van der Waals surface area contributed by atoms with Crippen LogP contribution >= 0.6 is 11.6 Å². The number of aryl methyl sites for hydroxylation is 1. The SMILES string of the molecule is C[C@H](C(=O)NC1CCCCC1)N(Cc1ccc(Cl)cc1)C(=O)CCc1ccc2c(c1)OCCO2. The summed E-state index contributed by atoms with van der Waals surface area (Å²) in [6.45, 7) is 3.25. The van der Waals surface area contributed by atoms with Gasteiger partial charge in [-0.25, -0.2) is 0 Å². The first-order chi connectivity index (χ1) is 16.5. The van der Waals surface area contributed by atoms with E-state index >= 15 is 0 Å². The van der Waals surface area contributed by atoms with E-state index in [0.717, 1.165) is 48.3 Å². The van der Waals surface area contributed by atoms with Crippen LogP contribution in [0.5, 0.6) is 11.5 Å². The maximum atomic E-state index is 13.4. The highest BCUT2D eigenvalue weighted by atomic mass is 35.5. The Labute approximate surface area is 206 Å². The van der Waals surface area contributed by atoms with Crippen molar-refractivity contribution < 1.29 is 19.1 Å². The second kappa shape index (κ2) is 11.6. The Hall–Kier alpha value is -2.73. The molecule has 182 valence electrons. The van der Waals surface area contributed by atoms with E-state index in [-0.39, 0.29) is 17.9 Å². The van der Waals surface area contributed by atoms with Gasteiger partial charge < -0.3 is 19.7 Å². The van der Waals surface area contributed by atoms with Crippen molar-refractivity contribution in [2.75, 3.05) is 13.2 Å². The van der Waals surface area contributed by atoms with E-state index in [9.17, 15) is 9.59 Å². The van der Waals surface area contributed by atoms with Gasteiger partial charge in [0.15, 0.2) is 11.5 Å². The molecule has 1 aliphatic heterocycles. The number of hydrogen-bond donors (Lipinski definition) is 1. The van der Waals surface area contributed by atoms with Gasteiger partial charge in [0.2, 0.25) is 11.8 Å². The molecular weight excluding hydrogens is 452 g/mol. The standard InChI is InChI=1S/C27H33ClN2O4/c1-19(27(32)29-23-5-3-2-4-6-23)30(18-21-7-11-22(28)12-8-21)26(31)14-10-20-9-13-24-25(17-20)34-16-15-33-24/h7-9,11-13,17,19,23H,2-6,10,14-16,18H2,1H3,(H,29,32)/t19-/m1/s1. The number of benzene rings is 2. The number of carbonyl (C=O) groups excluding carboxylic acids is 2. The Morgan fingerprint density at radius 2 is 1.68 bits per heavy atom. The summed E-state index contributed by atoms with van der Waals surface area (Å²) in [5.41, 5.74) is 1.94. The van der Waals surface area contributed by atoms with Gasteiger partial charge in [-0.15, -0.1) is 0 Å². The van der Waals surface area contributed by atoms with Crippen LogP contribution in [0.1, 0.15) is 56.6 Å². The highest BCUT2D eigenvalue weighted by Gasteiger charge is 2.28. The molecular formula is C27H33ClN2O4. The predicted molar refractivity (Wildman–Crippen MR) is 132 cm³/mol. The quantitative estimate of drug-likeness (QED) is 0.578. The highest BCUT2D eigenvalue weighted by Crippen LogP contribution is 2.31. The molecule has 1 fully saturated rings. The van der Waals surface area contributed by atoms with Crippen LogP contribution in [0, 0.1) is 0 Å². The first-order valence-electron chi connectivity index (χ1n) is 12.2. The van der Waals surface area contributed by atoms with E-state index in [1.807, 2.05) is 49.4 Å². The van der Waals surface area contributed by atoms with Crippen LogP contribution in [0.3, 0.4) is 0 Å². The normalized spacial score (nSPS) is 16.5. The number of fused-ring (bicyclic) bond motifs is 1. The number of rotatable bonds is 8. The molecule has 0 saturated heterocycles. The summed E-state index contributed by atoms with van der Waals surface area (Å²) in [6.07, 6.45) is 6.38. The largest absolute Gasteiger partial charge is 0.486 e. The number of ether oxygens (including phenoxy) is 2. The molecule has 34 heavy (non-hydrogen) atoms. The van der Waals surface area contributed by atoms with Crippen LogP contribution in [-0.4, -0.2) is 42.0 Å². The molecule has 1 N–H and O–H groups in total. The van der Waals surface area contributed by atoms with Crippen molar-refractivity contribution in [3.63, 3.8) is 0 Å². The maximum absolute atomic E-state index is 13.4. The number of halogens is 1. The fraction of sp³-hybridized carbons (Fsp3) is 0.481. The van der Waals surface area contributed by atoms with Crippen molar-refractivity contribution >= 4 is 23.4 Å². The molecule has 2 aromatic carbocycles. The minimum absolute atomic E-state index is 0.0591. The Morgan fingerprint density at radius 3 is 2.41 bits per heavy atom. The van der Waals surface area contributed by atoms with E-state index in [0.29, 0.717) is 37.6 Å². The predicted octanol–water partition coefficient (Wildman–Crippen LogP) is 4.91. The lowest BCUT2D eigenvalue weighted by Crippen LogP contribution is -2.50. The molecule has 0 bridgehead atoms. The molecule has 2 amide bonds. The third kappa shape index (κ3) is 6.44. The molecule has 0 unspecified atom stereocenters. The summed E-state index contributed by atoms with van der Waals surface area (Å²) in [5.74, 6) is 1.30. The number of nitrogens with zero attached hydrogens (tertiary/aromatic N) is 1. The first-order valence-corrected chi connectivity index (χ1v) is 12.6. The second-order valence-electron chi connectivity index (χ2n) is 9.15. The van der Waals surface area contributed by atoms with Crippen molar-refractivity contribution in [1.82, 2.24) is 10.2 Å². The van der Waals surface area contributed by atoms with Gasteiger partial charge in [-0.1, -0.05) is 49.1 Å². The molecule has 0 aromatic heterocycles. The molecule has 0 radical (unpaired) electrons. The smallest absolute Gasteiger partial charge is 0.242 e. The summed E-state index contributed by atoms with van der Waals surface area (Å²) >= 11 is 6.04. The van der Waals surface area contributed by atoms with E-state index in [1.54, 1.807) is 4.90 Å². The number of nitrogens with one attached hydrogen (secondary N) is 1. The third-order valence-electron chi connectivity index (χ3n) is 6.62. The molecule has 7 heteroatoms. The minimum Gasteiger partial charge on any atom is -0.486 e. The molecule has 1 saturated carbocycles. The molecule has 1 aliphatic carbocycles. The van der Waals surface area contributed by atoms with Crippen LogP contribution in [0.2, 0.25) is 5.02 Å². The van der Waals surface area contributed by atoms with Gasteiger partial charge >= 0.3 is 0 Å². The van der Waals surface area contributed by atoms with Gasteiger partial charge in [-0.2, -0.15) is 0 Å². The topological polar surface area (TPSA) is 67.9 Å². The zero-order valence-electron chi connectivity index (χ0n) is 19.7. The number of amides is 2. The molecule has 1 atom stereocenters. The van der Waals surface area contributed by atoms with E-state index < -0.39 is 6.04 Å². The van der Waals surface area contributed by atoms with E-state index in [4.69, 9.17) is 21.1 Å². The molecule has 6 nitrogen and oxygen atoms in total. The molecule has 2 aliphatic rings. The maximum Gasteiger partial charge on any atom is 0.242 e. The Bertz CT molecular complexity index is 989. The summed E-state index contributed by atoms with van der Waals surface area (Å²) in [5, 5.41) is 3.81. The van der Waals surface area contributed by atoms with E-state index in [2.05, 4.69) is 5.32 Å². The van der Waals surface area contributed by atoms with Crippen molar-refractivity contribution in [1.29, 1.82) is 0 Å². The molecule has 2 aromatic rings. The van der Waals surface area contributed by atoms with Crippen LogP contribution < -0.4 is 14.8 Å². The van der Waals surface area contributed by atoms with Crippen LogP contribution in [0.15, 0.2) is 42.5 Å². The van der Waals surface area contributed by atoms with Crippen molar-refractivity contribution in [2.24, 2.45) is 0 Å². The van der Waals surface area contributed by atoms with Crippen molar-refractivity contribution in [3.05, 3.63) is 58.6 Å². The fourth-order valence-corrected chi connectivity index (χ4v) is 4.70. The fourth-order valence-electron chi connectivity index (χ4n) is 4.58. The van der Waals surface area contributed by atoms with Gasteiger partial charge in [0.1, 0.15) is 19.3 Å². The molecule has 4 rings (SSSR count). The Kier molecular flexibility index (Phi) is 8.33. The van der Waals surface area contributed by atoms with Crippen LogP contribution in [0.25, 0.3) is 0 Å². The number of carbonyl (C=O) groups is 2. The summed E-state index contributed by atoms with van der Waals surface area (Å²) in [6, 6.07) is 12.8. The van der Waals surface area contributed by atoms with Gasteiger partial charge in [0.25, 0.3) is 0 Å². The van der Waals surface area contributed by atoms with Gasteiger partial charge in [0.05, 0.1) is 0 Å². The molecule has 0 spiro atoms. The summed E-state index contributed by atoms with van der Waals surface area (Å²) < 4.78 is 11.2. The van der Waals surface area contributed by atoms with Crippen molar-refractivity contribution in [2.45, 2.75) is 70.5 Å². The Morgan fingerprint density at radius 1 is 1.00 bits per heavy atom. The summed E-state index contributed by atoms with van der Waals surface area (Å²) in [4.78, 5) is 28.1. The van der Waals surface area contributed by atoms with Gasteiger partial charge in [-0.3, -0.25) is 9.59 Å². The number of hydrogen-bond acceptors (Lipinski definition) is 4. The lowest BCUT2D eigenvalue weighted by molar-refractivity contribution is -0.141. The van der Waals surface area contributed by atoms with E-state index in [1.165, 1.54) is 6.42 Å². The minimum atomic E-state index is -0.564. The van der Waals surface area contributed by atoms with Gasteiger partial charge in [0, 0.05) is 24.0 Å². The third-order valence-corrected chi connectivity index (χ3v) is 6.87. The highest BCUT2D eigenvalue weighted by molar-refractivity contribution is 6.30. The lowest BCUT2D eigenvalue weighted by atomic mass is 9.95. The zero-order valence-corrected chi connectivity index (χ0v) is 20.5. The van der Waals surface area contributed by atoms with Crippen LogP contribution in [-0.2, 0) is 22.6 Å². The van der Waals surface area contributed by atoms with Crippen LogP contribution in [0.4, 0.5) is 0 Å². The average Bonchev–Trinajstić information content (AvgIpc) is 2.87. The first kappa shape index (κ1) is 24.4. The summed E-state index contributed by atoms with van der Waals surface area (Å²) in [7, 11) is 0. The monoisotopic (exact) mass is 484 g/mol. The zero-order chi connectivity index (χ0) is 23.9. The Balaban J connectivity index is 1.44. The molecule has 1 heterocycles.